The molecule has 0 radical (unpaired) electrons. The molecule has 1 aromatic heterocycles. The molecule has 0 saturated heterocycles. The largest absolute Gasteiger partial charge is 0.469 e. The van der Waals surface area contributed by atoms with Gasteiger partial charge >= 0.3 is 0 Å². The summed E-state index contributed by atoms with van der Waals surface area (Å²) in [6.45, 7) is 3.80. The first kappa shape index (κ1) is 14.7. The van der Waals surface area contributed by atoms with Crippen LogP contribution in [0.2, 0.25) is 0 Å². The lowest BCUT2D eigenvalue weighted by Gasteiger charge is -2.20. The average Bonchev–Trinajstić information content (AvgIpc) is 3.21. The maximum absolute atomic E-state index is 5.36. The van der Waals surface area contributed by atoms with Gasteiger partial charge in [0.2, 0.25) is 0 Å². The van der Waals surface area contributed by atoms with E-state index in [0.717, 1.165) is 24.9 Å². The molecule has 4 heteroatoms. The van der Waals surface area contributed by atoms with Gasteiger partial charge in [-0.25, -0.2) is 0 Å². The van der Waals surface area contributed by atoms with E-state index in [1.54, 1.807) is 6.26 Å². The SMILES string of the molecule is Cc1occc1CN(C)c1ccc(CNC2CC2)c(Br)c1. The maximum Gasteiger partial charge on any atom is 0.105 e. The molecule has 21 heavy (non-hydrogen) atoms. The molecule has 1 N–H and O–H groups in total. The molecule has 0 bridgehead atoms. The molecule has 1 aromatic carbocycles. The predicted octanol–water partition coefficient (Wildman–Crippen LogP) is 4.24. The van der Waals surface area contributed by atoms with Crippen LogP contribution in [0, 0.1) is 6.92 Å². The summed E-state index contributed by atoms with van der Waals surface area (Å²) in [6, 6.07) is 9.36. The monoisotopic (exact) mass is 348 g/mol. The highest BCUT2D eigenvalue weighted by Gasteiger charge is 2.20. The van der Waals surface area contributed by atoms with Crippen molar-refractivity contribution in [2.75, 3.05) is 11.9 Å². The minimum Gasteiger partial charge on any atom is -0.469 e. The Morgan fingerprint density at radius 2 is 2.10 bits per heavy atom. The first-order valence-corrected chi connectivity index (χ1v) is 8.18. The van der Waals surface area contributed by atoms with Crippen LogP contribution in [-0.2, 0) is 13.1 Å². The molecule has 3 rings (SSSR count). The average molecular weight is 349 g/mol. The van der Waals surface area contributed by atoms with Gasteiger partial charge in [0.25, 0.3) is 0 Å². The van der Waals surface area contributed by atoms with Crippen LogP contribution in [0.3, 0.4) is 0 Å². The Morgan fingerprint density at radius 1 is 1.29 bits per heavy atom. The van der Waals surface area contributed by atoms with E-state index in [1.165, 1.54) is 34.1 Å². The van der Waals surface area contributed by atoms with Crippen molar-refractivity contribution in [1.82, 2.24) is 5.32 Å². The minimum atomic E-state index is 0.739. The molecular weight excluding hydrogens is 328 g/mol. The molecule has 1 aliphatic rings. The Bertz CT molecular complexity index is 619. The van der Waals surface area contributed by atoms with Crippen LogP contribution in [-0.4, -0.2) is 13.1 Å². The number of benzene rings is 1. The Kier molecular flexibility index (Phi) is 4.36. The zero-order chi connectivity index (χ0) is 14.8. The van der Waals surface area contributed by atoms with Gasteiger partial charge in [0.05, 0.1) is 6.26 Å². The summed E-state index contributed by atoms with van der Waals surface area (Å²) in [5.74, 6) is 0.992. The Balaban J connectivity index is 1.66. The fourth-order valence-electron chi connectivity index (χ4n) is 2.38. The number of aryl methyl sites for hydroxylation is 1. The number of anilines is 1. The van der Waals surface area contributed by atoms with E-state index >= 15 is 0 Å². The molecule has 1 fully saturated rings. The molecule has 3 nitrogen and oxygen atoms in total. The Labute approximate surface area is 134 Å². The molecule has 0 amide bonds. The second-order valence-corrected chi connectivity index (χ2v) is 6.64. The van der Waals surface area contributed by atoms with Crippen molar-refractivity contribution in [1.29, 1.82) is 0 Å². The van der Waals surface area contributed by atoms with E-state index in [0.29, 0.717) is 0 Å². The molecule has 1 heterocycles. The molecule has 0 unspecified atom stereocenters. The molecule has 0 spiro atoms. The normalized spacial score (nSPS) is 14.4. The summed E-state index contributed by atoms with van der Waals surface area (Å²) in [6.07, 6.45) is 4.39. The number of halogens is 1. The van der Waals surface area contributed by atoms with Gasteiger partial charge in [-0.05, 0) is 43.5 Å². The summed E-state index contributed by atoms with van der Waals surface area (Å²) in [5.41, 5.74) is 3.75. The highest BCUT2D eigenvalue weighted by atomic mass is 79.9. The van der Waals surface area contributed by atoms with Crippen LogP contribution < -0.4 is 10.2 Å². The van der Waals surface area contributed by atoms with Crippen LogP contribution in [0.25, 0.3) is 0 Å². The Hall–Kier alpha value is -1.26. The van der Waals surface area contributed by atoms with E-state index in [2.05, 4.69) is 51.4 Å². The molecular formula is C17H21BrN2O. The van der Waals surface area contributed by atoms with Gasteiger partial charge in [0, 0.05) is 41.9 Å². The third-order valence-electron chi connectivity index (χ3n) is 4.01. The minimum absolute atomic E-state index is 0.739. The van der Waals surface area contributed by atoms with Crippen molar-refractivity contribution in [3.63, 3.8) is 0 Å². The fraction of sp³-hybridized carbons (Fsp3) is 0.412. The van der Waals surface area contributed by atoms with Crippen LogP contribution >= 0.6 is 15.9 Å². The first-order chi connectivity index (χ1) is 10.1. The van der Waals surface area contributed by atoms with Crippen molar-refractivity contribution in [2.45, 2.75) is 38.9 Å². The lowest BCUT2D eigenvalue weighted by Crippen LogP contribution is -2.18. The van der Waals surface area contributed by atoms with Crippen LogP contribution in [0.4, 0.5) is 5.69 Å². The van der Waals surface area contributed by atoms with Gasteiger partial charge < -0.3 is 14.6 Å². The quantitative estimate of drug-likeness (QED) is 0.846. The zero-order valence-corrected chi connectivity index (χ0v) is 14.1. The number of hydrogen-bond donors (Lipinski definition) is 1. The van der Waals surface area contributed by atoms with Crippen molar-refractivity contribution >= 4 is 21.6 Å². The molecule has 112 valence electrons. The molecule has 1 aliphatic carbocycles. The number of hydrogen-bond acceptors (Lipinski definition) is 3. The van der Waals surface area contributed by atoms with E-state index in [9.17, 15) is 0 Å². The van der Waals surface area contributed by atoms with Crippen LogP contribution in [0.15, 0.2) is 39.4 Å². The lowest BCUT2D eigenvalue weighted by molar-refractivity contribution is 0.529. The van der Waals surface area contributed by atoms with Gasteiger partial charge in [0.1, 0.15) is 5.76 Å². The second-order valence-electron chi connectivity index (χ2n) is 5.79. The third kappa shape index (κ3) is 3.69. The summed E-state index contributed by atoms with van der Waals surface area (Å²) in [7, 11) is 2.11. The van der Waals surface area contributed by atoms with Crippen LogP contribution in [0.5, 0.6) is 0 Å². The van der Waals surface area contributed by atoms with E-state index in [-0.39, 0.29) is 0 Å². The van der Waals surface area contributed by atoms with Gasteiger partial charge in [0.15, 0.2) is 0 Å². The molecule has 0 aliphatic heterocycles. The summed E-state index contributed by atoms with van der Waals surface area (Å²) in [4.78, 5) is 2.24. The fourth-order valence-corrected chi connectivity index (χ4v) is 2.89. The molecule has 2 aromatic rings. The van der Waals surface area contributed by atoms with Gasteiger partial charge in [-0.2, -0.15) is 0 Å². The van der Waals surface area contributed by atoms with Crippen molar-refractivity contribution in [3.05, 3.63) is 51.9 Å². The number of nitrogens with one attached hydrogen (secondary N) is 1. The standard InChI is InChI=1S/C17H21BrN2O/c1-12-14(7-8-21-12)11-20(2)16-6-3-13(17(18)9-16)10-19-15-4-5-15/h3,6-9,15,19H,4-5,10-11H2,1-2H3. The number of nitrogens with zero attached hydrogens (tertiary/aromatic N) is 1. The highest BCUT2D eigenvalue weighted by molar-refractivity contribution is 9.10. The molecule has 1 saturated carbocycles. The maximum atomic E-state index is 5.36. The van der Waals surface area contributed by atoms with E-state index in [4.69, 9.17) is 4.42 Å². The number of rotatable bonds is 6. The Morgan fingerprint density at radius 3 is 2.71 bits per heavy atom. The summed E-state index contributed by atoms with van der Waals surface area (Å²) >= 11 is 3.69. The van der Waals surface area contributed by atoms with Crippen molar-refractivity contribution in [2.24, 2.45) is 0 Å². The second kappa shape index (κ2) is 6.24. The van der Waals surface area contributed by atoms with Gasteiger partial charge in [-0.15, -0.1) is 0 Å². The smallest absolute Gasteiger partial charge is 0.105 e. The van der Waals surface area contributed by atoms with Crippen molar-refractivity contribution in [3.8, 4) is 0 Å². The summed E-state index contributed by atoms with van der Waals surface area (Å²) in [5, 5.41) is 3.55. The van der Waals surface area contributed by atoms with Crippen LogP contribution in [0.1, 0.15) is 29.7 Å². The van der Waals surface area contributed by atoms with Gasteiger partial charge in [-0.1, -0.05) is 22.0 Å². The van der Waals surface area contributed by atoms with Crippen molar-refractivity contribution < 1.29 is 4.42 Å². The van der Waals surface area contributed by atoms with E-state index < -0.39 is 0 Å². The van der Waals surface area contributed by atoms with Gasteiger partial charge in [-0.3, -0.25) is 0 Å². The topological polar surface area (TPSA) is 28.4 Å². The predicted molar refractivity (Wildman–Crippen MR) is 89.6 cm³/mol. The third-order valence-corrected chi connectivity index (χ3v) is 4.75. The number of furan rings is 1. The zero-order valence-electron chi connectivity index (χ0n) is 12.5. The first-order valence-electron chi connectivity index (χ1n) is 7.39. The van der Waals surface area contributed by atoms with E-state index in [1.807, 2.05) is 13.0 Å². The summed E-state index contributed by atoms with van der Waals surface area (Å²) < 4.78 is 6.53. The molecule has 0 atom stereocenters. The lowest BCUT2D eigenvalue weighted by atomic mass is 10.1. The highest BCUT2D eigenvalue weighted by Crippen LogP contribution is 2.26.